The number of carbonyl (C=O) groups excluding carboxylic acids is 1. The first-order valence-corrected chi connectivity index (χ1v) is 7.73. The van der Waals surface area contributed by atoms with E-state index in [1.807, 2.05) is 45.0 Å². The van der Waals surface area contributed by atoms with Gasteiger partial charge in [0.1, 0.15) is 19.8 Å². The maximum absolute atomic E-state index is 12.2. The van der Waals surface area contributed by atoms with Gasteiger partial charge in [-0.1, -0.05) is 6.07 Å². The number of hydrogen-bond donors (Lipinski definition) is 1. The first-order valence-electron chi connectivity index (χ1n) is 7.73. The third-order valence-electron chi connectivity index (χ3n) is 3.84. The van der Waals surface area contributed by atoms with E-state index in [1.165, 1.54) is 0 Å². The van der Waals surface area contributed by atoms with Crippen molar-refractivity contribution in [3.05, 3.63) is 41.2 Å². The molecule has 1 aliphatic rings. The highest BCUT2D eigenvalue weighted by atomic mass is 16.6. The van der Waals surface area contributed by atoms with Gasteiger partial charge >= 0.3 is 0 Å². The average molecular weight is 315 g/mol. The highest BCUT2D eigenvalue weighted by Crippen LogP contribution is 2.32. The number of nitrogens with one attached hydrogen (secondary N) is 1. The first kappa shape index (κ1) is 15.4. The quantitative estimate of drug-likeness (QED) is 0.939. The summed E-state index contributed by atoms with van der Waals surface area (Å²) in [7, 11) is 0. The minimum absolute atomic E-state index is 0.0708. The summed E-state index contributed by atoms with van der Waals surface area (Å²) in [5.74, 6) is 1.41. The third-order valence-corrected chi connectivity index (χ3v) is 3.84. The summed E-state index contributed by atoms with van der Waals surface area (Å²) in [6.07, 6.45) is 0. The molecule has 2 aromatic rings. The Bertz CT molecular complexity index is 724. The van der Waals surface area contributed by atoms with Crippen LogP contribution >= 0.6 is 0 Å². The van der Waals surface area contributed by atoms with E-state index in [0.717, 1.165) is 28.5 Å². The van der Waals surface area contributed by atoms with Crippen LogP contribution in [0, 0.1) is 13.8 Å². The first-order chi connectivity index (χ1) is 11.0. The Morgan fingerprint density at radius 3 is 2.70 bits per heavy atom. The van der Waals surface area contributed by atoms with Crippen LogP contribution in [0.2, 0.25) is 0 Å². The number of ether oxygens (including phenoxy) is 2. The third kappa shape index (κ3) is 3.47. The number of rotatable bonds is 4. The van der Waals surface area contributed by atoms with Crippen molar-refractivity contribution in [3.63, 3.8) is 0 Å². The molecule has 1 N–H and O–H groups in total. The van der Waals surface area contributed by atoms with Crippen LogP contribution < -0.4 is 14.8 Å². The van der Waals surface area contributed by atoms with Crippen molar-refractivity contribution in [1.82, 2.24) is 15.1 Å². The van der Waals surface area contributed by atoms with Gasteiger partial charge in [-0.2, -0.15) is 5.10 Å². The smallest absolute Gasteiger partial charge is 0.242 e. The van der Waals surface area contributed by atoms with Crippen molar-refractivity contribution >= 4 is 5.91 Å². The number of nitrogens with zero attached hydrogens (tertiary/aromatic N) is 2. The van der Waals surface area contributed by atoms with Crippen molar-refractivity contribution < 1.29 is 14.3 Å². The average Bonchev–Trinajstić information content (AvgIpc) is 2.84. The predicted octanol–water partition coefficient (Wildman–Crippen LogP) is 2.15. The molecule has 0 radical (unpaired) electrons. The van der Waals surface area contributed by atoms with E-state index in [2.05, 4.69) is 10.4 Å². The van der Waals surface area contributed by atoms with Crippen LogP contribution in [-0.4, -0.2) is 28.9 Å². The van der Waals surface area contributed by atoms with Crippen LogP contribution in [0.5, 0.6) is 11.5 Å². The number of fused-ring (bicyclic) bond motifs is 1. The zero-order valence-corrected chi connectivity index (χ0v) is 13.6. The summed E-state index contributed by atoms with van der Waals surface area (Å²) in [5, 5.41) is 7.30. The molecule has 0 saturated carbocycles. The van der Waals surface area contributed by atoms with Crippen molar-refractivity contribution in [2.75, 3.05) is 13.2 Å². The van der Waals surface area contributed by atoms with E-state index in [-0.39, 0.29) is 18.5 Å². The van der Waals surface area contributed by atoms with E-state index in [0.29, 0.717) is 13.2 Å². The summed E-state index contributed by atoms with van der Waals surface area (Å²) < 4.78 is 12.8. The standard InChI is InChI=1S/C17H21N3O3/c1-11-8-12(2)20(19-11)10-17(21)18-13(3)14-4-5-15-16(9-14)23-7-6-22-15/h4-5,8-9,13H,6-7,10H2,1-3H3,(H,18,21)/t13-/m1/s1. The van der Waals surface area contributed by atoms with Crippen molar-refractivity contribution in [2.24, 2.45) is 0 Å². The Morgan fingerprint density at radius 1 is 1.26 bits per heavy atom. The van der Waals surface area contributed by atoms with Gasteiger partial charge < -0.3 is 14.8 Å². The van der Waals surface area contributed by atoms with E-state index in [1.54, 1.807) is 4.68 Å². The fraction of sp³-hybridized carbons (Fsp3) is 0.412. The number of amides is 1. The fourth-order valence-corrected chi connectivity index (χ4v) is 2.67. The van der Waals surface area contributed by atoms with Gasteiger partial charge in [-0.05, 0) is 44.5 Å². The van der Waals surface area contributed by atoms with Crippen molar-refractivity contribution in [1.29, 1.82) is 0 Å². The number of aryl methyl sites for hydroxylation is 2. The molecule has 3 rings (SSSR count). The van der Waals surface area contributed by atoms with Gasteiger partial charge in [-0.25, -0.2) is 0 Å². The normalized spacial score (nSPS) is 14.4. The molecule has 1 atom stereocenters. The molecule has 1 aliphatic heterocycles. The lowest BCUT2D eigenvalue weighted by Gasteiger charge is -2.21. The Morgan fingerprint density at radius 2 is 2.00 bits per heavy atom. The molecule has 122 valence electrons. The van der Waals surface area contributed by atoms with Crippen LogP contribution in [0.3, 0.4) is 0 Å². The summed E-state index contributed by atoms with van der Waals surface area (Å²) in [4.78, 5) is 12.2. The molecule has 1 aromatic heterocycles. The Kier molecular flexibility index (Phi) is 4.23. The summed E-state index contributed by atoms with van der Waals surface area (Å²) >= 11 is 0. The number of hydrogen-bond acceptors (Lipinski definition) is 4. The van der Waals surface area contributed by atoms with Gasteiger partial charge in [0, 0.05) is 5.69 Å². The largest absolute Gasteiger partial charge is 0.486 e. The van der Waals surface area contributed by atoms with Crippen LogP contribution in [0.25, 0.3) is 0 Å². The maximum Gasteiger partial charge on any atom is 0.242 e. The highest BCUT2D eigenvalue weighted by molar-refractivity contribution is 5.76. The molecule has 6 nitrogen and oxygen atoms in total. The Balaban J connectivity index is 1.65. The molecule has 0 spiro atoms. The minimum atomic E-state index is -0.115. The second kappa shape index (κ2) is 6.32. The van der Waals surface area contributed by atoms with Crippen LogP contribution in [0.15, 0.2) is 24.3 Å². The summed E-state index contributed by atoms with van der Waals surface area (Å²) in [6, 6.07) is 7.59. The Labute approximate surface area is 135 Å². The molecular weight excluding hydrogens is 294 g/mol. The summed E-state index contributed by atoms with van der Waals surface area (Å²) in [5.41, 5.74) is 2.87. The van der Waals surface area contributed by atoms with Crippen LogP contribution in [-0.2, 0) is 11.3 Å². The molecule has 0 aliphatic carbocycles. The van der Waals surface area contributed by atoms with Gasteiger partial charge in [-0.15, -0.1) is 0 Å². The van der Waals surface area contributed by atoms with Gasteiger partial charge in [-0.3, -0.25) is 9.48 Å². The zero-order chi connectivity index (χ0) is 16.4. The van der Waals surface area contributed by atoms with Gasteiger partial charge in [0.05, 0.1) is 11.7 Å². The molecule has 0 saturated heterocycles. The molecular formula is C17H21N3O3. The lowest BCUT2D eigenvalue weighted by atomic mass is 10.1. The molecule has 2 heterocycles. The summed E-state index contributed by atoms with van der Waals surface area (Å²) in [6.45, 7) is 7.15. The van der Waals surface area contributed by atoms with Crippen LogP contribution in [0.1, 0.15) is 29.9 Å². The number of benzene rings is 1. The second-order valence-electron chi connectivity index (χ2n) is 5.78. The molecule has 0 bridgehead atoms. The molecule has 6 heteroatoms. The monoisotopic (exact) mass is 315 g/mol. The topological polar surface area (TPSA) is 65.4 Å². The molecule has 23 heavy (non-hydrogen) atoms. The van der Waals surface area contributed by atoms with Crippen LogP contribution in [0.4, 0.5) is 0 Å². The Hall–Kier alpha value is -2.50. The predicted molar refractivity (Wildman–Crippen MR) is 85.7 cm³/mol. The van der Waals surface area contributed by atoms with E-state index in [4.69, 9.17) is 9.47 Å². The molecule has 0 unspecified atom stereocenters. The fourth-order valence-electron chi connectivity index (χ4n) is 2.67. The van der Waals surface area contributed by atoms with E-state index >= 15 is 0 Å². The highest BCUT2D eigenvalue weighted by Gasteiger charge is 2.16. The molecule has 1 aromatic carbocycles. The number of aromatic nitrogens is 2. The second-order valence-corrected chi connectivity index (χ2v) is 5.78. The zero-order valence-electron chi connectivity index (χ0n) is 13.6. The van der Waals surface area contributed by atoms with Crippen molar-refractivity contribution in [3.8, 4) is 11.5 Å². The SMILES string of the molecule is Cc1cc(C)n(CC(=O)N[C@H](C)c2ccc3c(c2)OCCO3)n1. The number of carbonyl (C=O) groups is 1. The van der Waals surface area contributed by atoms with Gasteiger partial charge in [0.2, 0.25) is 5.91 Å². The molecule has 0 fully saturated rings. The minimum Gasteiger partial charge on any atom is -0.486 e. The maximum atomic E-state index is 12.2. The lowest BCUT2D eigenvalue weighted by Crippen LogP contribution is -2.30. The van der Waals surface area contributed by atoms with Gasteiger partial charge in [0.15, 0.2) is 11.5 Å². The van der Waals surface area contributed by atoms with Crippen molar-refractivity contribution in [2.45, 2.75) is 33.4 Å². The van der Waals surface area contributed by atoms with Gasteiger partial charge in [0.25, 0.3) is 0 Å². The van der Waals surface area contributed by atoms with E-state index < -0.39 is 0 Å². The van der Waals surface area contributed by atoms with E-state index in [9.17, 15) is 4.79 Å². The molecule has 1 amide bonds. The lowest BCUT2D eigenvalue weighted by molar-refractivity contribution is -0.122.